The van der Waals surface area contributed by atoms with Crippen LogP contribution in [-0.2, 0) is 6.61 Å². The van der Waals surface area contributed by atoms with Crippen molar-refractivity contribution >= 4 is 11.6 Å². The summed E-state index contributed by atoms with van der Waals surface area (Å²) in [5.74, 6) is 0.392. The molecule has 6 nitrogen and oxygen atoms in total. The van der Waals surface area contributed by atoms with Gasteiger partial charge in [0.1, 0.15) is 23.8 Å². The summed E-state index contributed by atoms with van der Waals surface area (Å²) in [6.07, 6.45) is 3.79. The van der Waals surface area contributed by atoms with Gasteiger partial charge in [-0.3, -0.25) is 4.79 Å². The number of ether oxygens (including phenoxy) is 2. The summed E-state index contributed by atoms with van der Waals surface area (Å²) in [5, 5.41) is 0. The van der Waals surface area contributed by atoms with Crippen LogP contribution >= 0.6 is 0 Å². The maximum Gasteiger partial charge on any atom is 0.252 e. The molecule has 0 fully saturated rings. The molecule has 3 rings (SSSR count). The molecule has 0 unspecified atom stereocenters. The Bertz CT molecular complexity index is 793. The first-order valence-electron chi connectivity index (χ1n) is 6.70. The summed E-state index contributed by atoms with van der Waals surface area (Å²) in [5.41, 5.74) is 7.26. The van der Waals surface area contributed by atoms with Gasteiger partial charge in [-0.2, -0.15) is 0 Å². The molecule has 0 atom stereocenters. The van der Waals surface area contributed by atoms with Gasteiger partial charge in [0, 0.05) is 12.4 Å². The highest BCUT2D eigenvalue weighted by molar-refractivity contribution is 5.96. The number of pyridine rings is 1. The van der Waals surface area contributed by atoms with Gasteiger partial charge in [0.05, 0.1) is 18.4 Å². The monoisotopic (exact) mass is 297 g/mol. The van der Waals surface area contributed by atoms with Crippen molar-refractivity contribution in [3.8, 4) is 11.5 Å². The standard InChI is InChI=1S/C16H15N3O3/c1-21-12-5-6-14(13(8-12)16(17)20)22-10-11-9-19-7-3-2-4-15(19)18-11/h2-9H,10H2,1H3,(H2,17,20). The van der Waals surface area contributed by atoms with Gasteiger partial charge >= 0.3 is 0 Å². The molecule has 0 saturated carbocycles. The number of amides is 1. The van der Waals surface area contributed by atoms with E-state index in [9.17, 15) is 4.79 Å². The second kappa shape index (κ2) is 5.77. The molecular weight excluding hydrogens is 282 g/mol. The highest BCUT2D eigenvalue weighted by Crippen LogP contribution is 2.24. The van der Waals surface area contributed by atoms with Gasteiger partial charge in [-0.15, -0.1) is 0 Å². The van der Waals surface area contributed by atoms with Gasteiger partial charge in [-0.05, 0) is 30.3 Å². The summed E-state index contributed by atoms with van der Waals surface area (Å²) < 4.78 is 12.7. The summed E-state index contributed by atoms with van der Waals surface area (Å²) >= 11 is 0. The molecule has 0 bridgehead atoms. The Morgan fingerprint density at radius 3 is 2.91 bits per heavy atom. The van der Waals surface area contributed by atoms with Crippen LogP contribution in [0.3, 0.4) is 0 Å². The molecule has 3 aromatic rings. The number of nitrogens with two attached hydrogens (primary N) is 1. The van der Waals surface area contributed by atoms with E-state index in [1.54, 1.807) is 18.2 Å². The number of rotatable bonds is 5. The third kappa shape index (κ3) is 2.71. The Labute approximate surface area is 127 Å². The van der Waals surface area contributed by atoms with E-state index in [0.717, 1.165) is 11.3 Å². The zero-order valence-electron chi connectivity index (χ0n) is 12.0. The Morgan fingerprint density at radius 1 is 1.32 bits per heavy atom. The van der Waals surface area contributed by atoms with Crippen LogP contribution in [-0.4, -0.2) is 22.4 Å². The van der Waals surface area contributed by atoms with Crippen LogP contribution in [0.4, 0.5) is 0 Å². The number of aromatic nitrogens is 2. The van der Waals surface area contributed by atoms with E-state index in [1.807, 2.05) is 35.0 Å². The highest BCUT2D eigenvalue weighted by atomic mass is 16.5. The number of imidazole rings is 1. The molecule has 1 amide bonds. The van der Waals surface area contributed by atoms with Crippen molar-refractivity contribution in [2.24, 2.45) is 5.73 Å². The molecule has 6 heteroatoms. The molecule has 22 heavy (non-hydrogen) atoms. The van der Waals surface area contributed by atoms with Crippen molar-refractivity contribution in [1.29, 1.82) is 0 Å². The molecule has 0 radical (unpaired) electrons. The summed E-state index contributed by atoms with van der Waals surface area (Å²) in [6.45, 7) is 0.244. The molecule has 2 heterocycles. The van der Waals surface area contributed by atoms with Crippen molar-refractivity contribution in [2.75, 3.05) is 7.11 Å². The fourth-order valence-corrected chi connectivity index (χ4v) is 2.16. The number of hydrogen-bond acceptors (Lipinski definition) is 4. The first kappa shape index (κ1) is 13.9. The van der Waals surface area contributed by atoms with E-state index in [4.69, 9.17) is 15.2 Å². The van der Waals surface area contributed by atoms with Crippen LogP contribution in [0.1, 0.15) is 16.1 Å². The van der Waals surface area contributed by atoms with Crippen molar-refractivity contribution in [1.82, 2.24) is 9.38 Å². The lowest BCUT2D eigenvalue weighted by molar-refractivity contribution is 0.0995. The van der Waals surface area contributed by atoms with Crippen LogP contribution in [0.5, 0.6) is 11.5 Å². The minimum Gasteiger partial charge on any atom is -0.497 e. The molecule has 0 spiro atoms. The van der Waals surface area contributed by atoms with E-state index in [2.05, 4.69) is 4.98 Å². The average molecular weight is 297 g/mol. The lowest BCUT2D eigenvalue weighted by atomic mass is 10.2. The normalized spacial score (nSPS) is 10.6. The number of carbonyl (C=O) groups is 1. The van der Waals surface area contributed by atoms with Gasteiger partial charge in [0.2, 0.25) is 0 Å². The Morgan fingerprint density at radius 2 is 2.18 bits per heavy atom. The molecule has 2 N–H and O–H groups in total. The summed E-state index contributed by atoms with van der Waals surface area (Å²) in [6, 6.07) is 10.7. The molecule has 1 aromatic carbocycles. The second-order valence-corrected chi connectivity index (χ2v) is 4.71. The smallest absolute Gasteiger partial charge is 0.252 e. The van der Waals surface area contributed by atoms with Crippen molar-refractivity contribution in [3.63, 3.8) is 0 Å². The van der Waals surface area contributed by atoms with Gasteiger partial charge < -0.3 is 19.6 Å². The number of carbonyl (C=O) groups excluding carboxylic acids is 1. The quantitative estimate of drug-likeness (QED) is 0.781. The molecular formula is C16H15N3O3. The summed E-state index contributed by atoms with van der Waals surface area (Å²) in [7, 11) is 1.53. The third-order valence-electron chi connectivity index (χ3n) is 3.24. The van der Waals surface area contributed by atoms with Gasteiger partial charge in [0.15, 0.2) is 0 Å². The average Bonchev–Trinajstić information content (AvgIpc) is 2.95. The van der Waals surface area contributed by atoms with Crippen molar-refractivity contribution in [2.45, 2.75) is 6.61 Å². The molecule has 0 aliphatic carbocycles. The molecule has 2 aromatic heterocycles. The number of hydrogen-bond donors (Lipinski definition) is 1. The lowest BCUT2D eigenvalue weighted by Gasteiger charge is -2.09. The van der Waals surface area contributed by atoms with E-state index in [-0.39, 0.29) is 12.2 Å². The predicted molar refractivity (Wildman–Crippen MR) is 81.0 cm³/mol. The molecule has 0 aliphatic heterocycles. The molecule has 0 aliphatic rings. The highest BCUT2D eigenvalue weighted by Gasteiger charge is 2.12. The maximum absolute atomic E-state index is 11.5. The Hall–Kier alpha value is -3.02. The van der Waals surface area contributed by atoms with Gasteiger partial charge in [-0.25, -0.2) is 4.98 Å². The van der Waals surface area contributed by atoms with Crippen LogP contribution in [0.15, 0.2) is 48.8 Å². The SMILES string of the molecule is COc1ccc(OCc2cn3ccccc3n2)c(C(N)=O)c1. The fraction of sp³-hybridized carbons (Fsp3) is 0.125. The first-order valence-corrected chi connectivity index (χ1v) is 6.70. The Kier molecular flexibility index (Phi) is 3.65. The zero-order valence-corrected chi connectivity index (χ0v) is 12.0. The fourth-order valence-electron chi connectivity index (χ4n) is 2.16. The number of fused-ring (bicyclic) bond motifs is 1. The maximum atomic E-state index is 11.5. The zero-order chi connectivity index (χ0) is 15.5. The predicted octanol–water partition coefficient (Wildman–Crippen LogP) is 2.02. The largest absolute Gasteiger partial charge is 0.497 e. The second-order valence-electron chi connectivity index (χ2n) is 4.71. The summed E-state index contributed by atoms with van der Waals surface area (Å²) in [4.78, 5) is 15.9. The number of primary amides is 1. The van der Waals surface area contributed by atoms with E-state index >= 15 is 0 Å². The topological polar surface area (TPSA) is 78.8 Å². The third-order valence-corrected chi connectivity index (χ3v) is 3.24. The minimum atomic E-state index is -0.566. The number of benzene rings is 1. The van der Waals surface area contributed by atoms with E-state index < -0.39 is 5.91 Å². The van der Waals surface area contributed by atoms with Crippen LogP contribution in [0, 0.1) is 0 Å². The van der Waals surface area contributed by atoms with Gasteiger partial charge in [-0.1, -0.05) is 6.07 Å². The van der Waals surface area contributed by atoms with Crippen molar-refractivity contribution in [3.05, 3.63) is 60.0 Å². The van der Waals surface area contributed by atoms with Gasteiger partial charge in [0.25, 0.3) is 5.91 Å². The Balaban J connectivity index is 1.82. The number of nitrogens with zero attached hydrogens (tertiary/aromatic N) is 2. The van der Waals surface area contributed by atoms with E-state index in [1.165, 1.54) is 7.11 Å². The minimum absolute atomic E-state index is 0.244. The molecule has 112 valence electrons. The van der Waals surface area contributed by atoms with Crippen LogP contribution in [0.2, 0.25) is 0 Å². The first-order chi connectivity index (χ1) is 10.7. The molecule has 0 saturated heterocycles. The van der Waals surface area contributed by atoms with E-state index in [0.29, 0.717) is 11.5 Å². The van der Waals surface area contributed by atoms with Crippen molar-refractivity contribution < 1.29 is 14.3 Å². The van der Waals surface area contributed by atoms with Crippen LogP contribution in [0.25, 0.3) is 5.65 Å². The lowest BCUT2D eigenvalue weighted by Crippen LogP contribution is -2.13. The van der Waals surface area contributed by atoms with Crippen LogP contribution < -0.4 is 15.2 Å². The number of methoxy groups -OCH3 is 1.